The molecule has 0 amide bonds. The molecule has 2 rings (SSSR count). The molecule has 17 heavy (non-hydrogen) atoms. The molecule has 2 aromatic rings. The van der Waals surface area contributed by atoms with Crippen molar-refractivity contribution in [1.29, 1.82) is 0 Å². The van der Waals surface area contributed by atoms with E-state index >= 15 is 0 Å². The standard InChI is InChI=1S/C13H18N2OS/c1-4-10-5-6-11(17-10)8-13(16)12-7-9(2)15(3)14-12/h5-7,13,16H,4,8H2,1-3H3. The Morgan fingerprint density at radius 3 is 2.65 bits per heavy atom. The molecule has 92 valence electrons. The summed E-state index contributed by atoms with van der Waals surface area (Å²) < 4.78 is 1.80. The Bertz CT molecular complexity index is 482. The molecule has 0 radical (unpaired) electrons. The second kappa shape index (κ2) is 5.02. The van der Waals surface area contributed by atoms with Crippen LogP contribution < -0.4 is 0 Å². The zero-order valence-corrected chi connectivity index (χ0v) is 11.3. The average Bonchev–Trinajstić information content (AvgIpc) is 2.87. The zero-order valence-electron chi connectivity index (χ0n) is 10.5. The van der Waals surface area contributed by atoms with Crippen molar-refractivity contribution in [3.63, 3.8) is 0 Å². The largest absolute Gasteiger partial charge is 0.386 e. The highest BCUT2D eigenvalue weighted by atomic mass is 32.1. The molecule has 0 spiro atoms. The Kier molecular flexibility index (Phi) is 3.64. The smallest absolute Gasteiger partial charge is 0.103 e. The summed E-state index contributed by atoms with van der Waals surface area (Å²) >= 11 is 1.77. The molecule has 0 saturated carbocycles. The van der Waals surface area contributed by atoms with Crippen LogP contribution in [-0.2, 0) is 19.9 Å². The number of aryl methyl sites for hydroxylation is 3. The molecule has 0 bridgehead atoms. The number of hydrogen-bond donors (Lipinski definition) is 1. The fraction of sp³-hybridized carbons (Fsp3) is 0.462. The van der Waals surface area contributed by atoms with Gasteiger partial charge in [0.15, 0.2) is 0 Å². The molecule has 0 aromatic carbocycles. The monoisotopic (exact) mass is 250 g/mol. The molecule has 1 atom stereocenters. The topological polar surface area (TPSA) is 38.0 Å². The van der Waals surface area contributed by atoms with Crippen molar-refractivity contribution in [2.24, 2.45) is 7.05 Å². The van der Waals surface area contributed by atoms with Crippen molar-refractivity contribution in [3.05, 3.63) is 39.3 Å². The lowest BCUT2D eigenvalue weighted by atomic mass is 10.1. The molecule has 2 heterocycles. The second-order valence-corrected chi connectivity index (χ2v) is 5.53. The van der Waals surface area contributed by atoms with E-state index in [-0.39, 0.29) is 0 Å². The van der Waals surface area contributed by atoms with E-state index in [1.165, 1.54) is 9.75 Å². The van der Waals surface area contributed by atoms with Crippen LogP contribution >= 0.6 is 11.3 Å². The summed E-state index contributed by atoms with van der Waals surface area (Å²) in [6.07, 6.45) is 1.21. The van der Waals surface area contributed by atoms with Gasteiger partial charge in [0.1, 0.15) is 6.10 Å². The lowest BCUT2D eigenvalue weighted by Crippen LogP contribution is -2.02. The molecule has 0 saturated heterocycles. The van der Waals surface area contributed by atoms with E-state index in [1.54, 1.807) is 16.0 Å². The Morgan fingerprint density at radius 2 is 2.12 bits per heavy atom. The van der Waals surface area contributed by atoms with Gasteiger partial charge < -0.3 is 5.11 Å². The van der Waals surface area contributed by atoms with Crippen LogP contribution in [0.4, 0.5) is 0 Å². The molecule has 2 aromatic heterocycles. The molecule has 1 unspecified atom stereocenters. The van der Waals surface area contributed by atoms with Gasteiger partial charge in [0.2, 0.25) is 0 Å². The predicted molar refractivity (Wildman–Crippen MR) is 70.3 cm³/mol. The first-order valence-corrected chi connectivity index (χ1v) is 6.68. The molecule has 0 aliphatic heterocycles. The Labute approximate surface area is 106 Å². The van der Waals surface area contributed by atoms with E-state index in [9.17, 15) is 5.11 Å². The summed E-state index contributed by atoms with van der Waals surface area (Å²) in [5.41, 5.74) is 1.83. The van der Waals surface area contributed by atoms with Gasteiger partial charge in [-0.25, -0.2) is 0 Å². The predicted octanol–water partition coefficient (Wildman–Crippen LogP) is 2.63. The van der Waals surface area contributed by atoms with E-state index in [0.717, 1.165) is 17.8 Å². The van der Waals surface area contributed by atoms with Gasteiger partial charge in [0.25, 0.3) is 0 Å². The Hall–Kier alpha value is -1.13. The first-order chi connectivity index (χ1) is 8.10. The molecule has 0 aliphatic rings. The van der Waals surface area contributed by atoms with Crippen molar-refractivity contribution in [2.75, 3.05) is 0 Å². The highest BCUT2D eigenvalue weighted by molar-refractivity contribution is 7.11. The van der Waals surface area contributed by atoms with Gasteiger partial charge in [-0.2, -0.15) is 5.10 Å². The van der Waals surface area contributed by atoms with Crippen LogP contribution in [0.15, 0.2) is 18.2 Å². The number of rotatable bonds is 4. The van der Waals surface area contributed by atoms with Gasteiger partial charge in [-0.15, -0.1) is 11.3 Å². The van der Waals surface area contributed by atoms with Crippen LogP contribution in [0.1, 0.15) is 34.2 Å². The van der Waals surface area contributed by atoms with E-state index in [4.69, 9.17) is 0 Å². The van der Waals surface area contributed by atoms with Crippen molar-refractivity contribution < 1.29 is 5.11 Å². The number of aromatic nitrogens is 2. The normalized spacial score (nSPS) is 12.9. The third kappa shape index (κ3) is 2.76. The fourth-order valence-corrected chi connectivity index (χ4v) is 2.76. The van der Waals surface area contributed by atoms with Gasteiger partial charge in [-0.05, 0) is 31.5 Å². The maximum Gasteiger partial charge on any atom is 0.103 e. The summed E-state index contributed by atoms with van der Waals surface area (Å²) in [6.45, 7) is 4.14. The van der Waals surface area contributed by atoms with Crippen molar-refractivity contribution in [2.45, 2.75) is 32.8 Å². The lowest BCUT2D eigenvalue weighted by molar-refractivity contribution is 0.173. The highest BCUT2D eigenvalue weighted by Gasteiger charge is 2.14. The maximum atomic E-state index is 10.1. The third-order valence-corrected chi connectivity index (χ3v) is 4.19. The molecular formula is C13H18N2OS. The molecule has 1 N–H and O–H groups in total. The number of hydrogen-bond acceptors (Lipinski definition) is 3. The van der Waals surface area contributed by atoms with E-state index < -0.39 is 6.10 Å². The minimum Gasteiger partial charge on any atom is -0.386 e. The SMILES string of the molecule is CCc1ccc(CC(O)c2cc(C)n(C)n2)s1. The lowest BCUT2D eigenvalue weighted by Gasteiger charge is -2.05. The minimum atomic E-state index is -0.502. The Balaban J connectivity index is 2.08. The van der Waals surface area contributed by atoms with Crippen molar-refractivity contribution in [3.8, 4) is 0 Å². The van der Waals surface area contributed by atoms with Gasteiger partial charge >= 0.3 is 0 Å². The van der Waals surface area contributed by atoms with Crippen LogP contribution in [0.5, 0.6) is 0 Å². The van der Waals surface area contributed by atoms with Gasteiger partial charge in [-0.3, -0.25) is 4.68 Å². The summed E-state index contributed by atoms with van der Waals surface area (Å²) in [4.78, 5) is 2.59. The highest BCUT2D eigenvalue weighted by Crippen LogP contribution is 2.23. The molecule has 4 heteroatoms. The molecular weight excluding hydrogens is 232 g/mol. The van der Waals surface area contributed by atoms with Crippen LogP contribution in [-0.4, -0.2) is 14.9 Å². The van der Waals surface area contributed by atoms with Crippen LogP contribution in [0.25, 0.3) is 0 Å². The van der Waals surface area contributed by atoms with Gasteiger partial charge in [0.05, 0.1) is 5.69 Å². The summed E-state index contributed by atoms with van der Waals surface area (Å²) in [5.74, 6) is 0. The minimum absolute atomic E-state index is 0.502. The van der Waals surface area contributed by atoms with E-state index in [0.29, 0.717) is 6.42 Å². The molecule has 0 aliphatic carbocycles. The average molecular weight is 250 g/mol. The number of nitrogens with zero attached hydrogens (tertiary/aromatic N) is 2. The third-order valence-electron chi connectivity index (χ3n) is 2.93. The summed E-state index contributed by atoms with van der Waals surface area (Å²) in [5, 5.41) is 14.4. The fourth-order valence-electron chi connectivity index (χ4n) is 1.77. The second-order valence-electron chi connectivity index (χ2n) is 4.28. The van der Waals surface area contributed by atoms with Crippen LogP contribution in [0, 0.1) is 6.92 Å². The van der Waals surface area contributed by atoms with Gasteiger partial charge in [-0.1, -0.05) is 6.92 Å². The zero-order chi connectivity index (χ0) is 12.4. The van der Waals surface area contributed by atoms with E-state index in [1.807, 2.05) is 20.0 Å². The summed E-state index contributed by atoms with van der Waals surface area (Å²) in [7, 11) is 1.89. The summed E-state index contributed by atoms with van der Waals surface area (Å²) in [6, 6.07) is 6.18. The Morgan fingerprint density at radius 1 is 1.41 bits per heavy atom. The quantitative estimate of drug-likeness (QED) is 0.906. The maximum absolute atomic E-state index is 10.1. The van der Waals surface area contributed by atoms with Crippen molar-refractivity contribution >= 4 is 11.3 Å². The van der Waals surface area contributed by atoms with Gasteiger partial charge in [0, 0.05) is 28.9 Å². The van der Waals surface area contributed by atoms with Crippen LogP contribution in [0.2, 0.25) is 0 Å². The number of aliphatic hydroxyl groups is 1. The number of thiophene rings is 1. The number of aliphatic hydroxyl groups excluding tert-OH is 1. The molecule has 0 fully saturated rings. The molecule has 3 nitrogen and oxygen atoms in total. The van der Waals surface area contributed by atoms with Crippen LogP contribution in [0.3, 0.4) is 0 Å². The first-order valence-electron chi connectivity index (χ1n) is 5.86. The first kappa shape index (κ1) is 12.3. The van der Waals surface area contributed by atoms with E-state index in [2.05, 4.69) is 24.2 Å². The van der Waals surface area contributed by atoms with Crippen molar-refractivity contribution in [1.82, 2.24) is 9.78 Å².